The fraction of sp³-hybridized carbons (Fsp3) is 0.0714. The summed E-state index contributed by atoms with van der Waals surface area (Å²) in [6.45, 7) is 0.276. The Hall–Kier alpha value is -4.57. The average Bonchev–Trinajstić information content (AvgIpc) is 2.86. The van der Waals surface area contributed by atoms with Crippen LogP contribution in [0.5, 0.6) is 5.75 Å². The monoisotopic (exact) mass is 472 g/mol. The van der Waals surface area contributed by atoms with Crippen molar-refractivity contribution in [1.82, 2.24) is 0 Å². The van der Waals surface area contributed by atoms with E-state index in [-0.39, 0.29) is 17.9 Å². The molecule has 7 heteroatoms. The summed E-state index contributed by atoms with van der Waals surface area (Å²) in [4.78, 5) is 12.8. The number of benzene rings is 4. The van der Waals surface area contributed by atoms with Gasteiger partial charge in [-0.05, 0) is 46.7 Å². The molecule has 0 spiro atoms. The lowest BCUT2D eigenvalue weighted by Gasteiger charge is -2.13. The number of nitrogens with one attached hydrogen (secondary N) is 1. The van der Waals surface area contributed by atoms with Crippen molar-refractivity contribution >= 4 is 28.4 Å². The van der Waals surface area contributed by atoms with E-state index in [4.69, 9.17) is 4.74 Å². The van der Waals surface area contributed by atoms with E-state index in [0.717, 1.165) is 28.5 Å². The molecule has 174 valence electrons. The van der Waals surface area contributed by atoms with Crippen LogP contribution in [0.1, 0.15) is 16.7 Å². The van der Waals surface area contributed by atoms with Gasteiger partial charge >= 0.3 is 6.18 Å². The van der Waals surface area contributed by atoms with Gasteiger partial charge in [-0.2, -0.15) is 18.4 Å². The summed E-state index contributed by atoms with van der Waals surface area (Å²) in [7, 11) is 0. The molecule has 1 N–H and O–H groups in total. The van der Waals surface area contributed by atoms with Crippen LogP contribution in [0.15, 0.2) is 96.6 Å². The van der Waals surface area contributed by atoms with E-state index in [2.05, 4.69) is 5.32 Å². The molecule has 0 atom stereocenters. The second kappa shape index (κ2) is 10.1. The predicted molar refractivity (Wildman–Crippen MR) is 128 cm³/mol. The van der Waals surface area contributed by atoms with Gasteiger partial charge in [0.2, 0.25) is 0 Å². The van der Waals surface area contributed by atoms with Gasteiger partial charge in [0.15, 0.2) is 0 Å². The van der Waals surface area contributed by atoms with E-state index in [1.807, 2.05) is 66.7 Å². The Bertz CT molecular complexity index is 1440. The minimum absolute atomic E-state index is 0.0653. The number of nitrogens with zero attached hydrogens (tertiary/aromatic N) is 1. The van der Waals surface area contributed by atoms with Crippen molar-refractivity contribution in [2.45, 2.75) is 12.8 Å². The summed E-state index contributed by atoms with van der Waals surface area (Å²) >= 11 is 0. The third-order valence-electron chi connectivity index (χ3n) is 5.27. The molecule has 1 amide bonds. The first-order valence-electron chi connectivity index (χ1n) is 10.6. The molecule has 0 saturated heterocycles. The summed E-state index contributed by atoms with van der Waals surface area (Å²) in [5.74, 6) is -0.360. The van der Waals surface area contributed by atoms with Gasteiger partial charge in [0.25, 0.3) is 5.91 Å². The molecule has 4 nitrogen and oxygen atoms in total. The molecule has 35 heavy (non-hydrogen) atoms. The topological polar surface area (TPSA) is 62.1 Å². The van der Waals surface area contributed by atoms with Gasteiger partial charge in [-0.25, -0.2) is 0 Å². The van der Waals surface area contributed by atoms with Crippen molar-refractivity contribution in [3.8, 4) is 11.8 Å². The van der Waals surface area contributed by atoms with Crippen LogP contribution in [-0.2, 0) is 17.6 Å². The number of nitriles is 1. The molecule has 0 aliphatic heterocycles. The van der Waals surface area contributed by atoms with E-state index >= 15 is 0 Å². The molecule has 0 aliphatic carbocycles. The van der Waals surface area contributed by atoms with Crippen molar-refractivity contribution in [2.24, 2.45) is 0 Å². The predicted octanol–water partition coefficient (Wildman–Crippen LogP) is 6.98. The Morgan fingerprint density at radius 2 is 1.69 bits per heavy atom. The van der Waals surface area contributed by atoms with Crippen LogP contribution in [-0.4, -0.2) is 5.91 Å². The van der Waals surface area contributed by atoms with Gasteiger partial charge in [0, 0.05) is 11.3 Å². The molecule has 0 aliphatic rings. The number of rotatable bonds is 6. The fourth-order valence-corrected chi connectivity index (χ4v) is 3.55. The first-order valence-corrected chi connectivity index (χ1v) is 10.6. The van der Waals surface area contributed by atoms with Crippen LogP contribution in [0.25, 0.3) is 16.8 Å². The number of hydrogen-bond donors (Lipinski definition) is 1. The Labute approximate surface area is 199 Å². The summed E-state index contributed by atoms with van der Waals surface area (Å²) < 4.78 is 45.1. The highest BCUT2D eigenvalue weighted by Gasteiger charge is 2.30. The third-order valence-corrected chi connectivity index (χ3v) is 5.27. The zero-order valence-electron chi connectivity index (χ0n) is 18.3. The molecule has 4 rings (SSSR count). The maximum Gasteiger partial charge on any atom is 0.416 e. The highest BCUT2D eigenvalue weighted by molar-refractivity contribution is 6.11. The lowest BCUT2D eigenvalue weighted by molar-refractivity contribution is -0.137. The summed E-state index contributed by atoms with van der Waals surface area (Å²) in [5, 5.41) is 13.7. The van der Waals surface area contributed by atoms with E-state index < -0.39 is 17.6 Å². The summed E-state index contributed by atoms with van der Waals surface area (Å²) in [5.41, 5.74) is 0.226. The SMILES string of the molecule is N#C/C(=C\c1c(OCc2ccccc2)ccc2ccccc12)C(=O)Nc1cccc(C(F)(F)F)c1. The Morgan fingerprint density at radius 1 is 0.943 bits per heavy atom. The van der Waals surface area contributed by atoms with Crippen LogP contribution in [0.3, 0.4) is 0 Å². The number of halogens is 3. The molecule has 0 bridgehead atoms. The van der Waals surface area contributed by atoms with E-state index in [1.54, 1.807) is 6.07 Å². The Kier molecular flexibility index (Phi) is 6.83. The number of hydrogen-bond acceptors (Lipinski definition) is 3. The number of carbonyl (C=O) groups is 1. The molecule has 4 aromatic carbocycles. The molecular formula is C28H19F3N2O2. The second-order valence-corrected chi connectivity index (χ2v) is 7.68. The number of carbonyl (C=O) groups excluding carboxylic acids is 1. The number of anilines is 1. The normalized spacial score (nSPS) is 11.7. The highest BCUT2D eigenvalue weighted by atomic mass is 19.4. The lowest BCUT2D eigenvalue weighted by atomic mass is 10.0. The van der Waals surface area contributed by atoms with Crippen LogP contribution >= 0.6 is 0 Å². The Morgan fingerprint density at radius 3 is 2.43 bits per heavy atom. The number of fused-ring (bicyclic) bond motifs is 1. The van der Waals surface area contributed by atoms with E-state index in [1.165, 1.54) is 18.2 Å². The second-order valence-electron chi connectivity index (χ2n) is 7.68. The van der Waals surface area contributed by atoms with Gasteiger partial charge in [0.1, 0.15) is 24.0 Å². The van der Waals surface area contributed by atoms with E-state index in [9.17, 15) is 23.2 Å². The first-order chi connectivity index (χ1) is 16.8. The van der Waals surface area contributed by atoms with Crippen molar-refractivity contribution in [2.75, 3.05) is 5.32 Å². The van der Waals surface area contributed by atoms with Gasteiger partial charge in [0.05, 0.1) is 5.56 Å². The van der Waals surface area contributed by atoms with Gasteiger partial charge < -0.3 is 10.1 Å². The maximum absolute atomic E-state index is 13.0. The lowest BCUT2D eigenvalue weighted by Crippen LogP contribution is -2.14. The Balaban J connectivity index is 1.68. The minimum Gasteiger partial charge on any atom is -0.488 e. The molecule has 0 fully saturated rings. The highest BCUT2D eigenvalue weighted by Crippen LogP contribution is 2.32. The standard InChI is InChI=1S/C28H19F3N2O2/c29-28(30,31)22-10-6-11-23(16-22)33-27(34)21(17-32)15-25-24-12-5-4-9-20(24)13-14-26(25)35-18-19-7-2-1-3-8-19/h1-16H,18H2,(H,33,34)/b21-15+. The smallest absolute Gasteiger partial charge is 0.416 e. The quantitative estimate of drug-likeness (QED) is 0.243. The zero-order chi connectivity index (χ0) is 24.8. The number of amides is 1. The number of alkyl halides is 3. The molecule has 0 radical (unpaired) electrons. The third kappa shape index (κ3) is 5.68. The van der Waals surface area contributed by atoms with Gasteiger partial charge in [-0.1, -0.05) is 66.7 Å². The van der Waals surface area contributed by atoms with Crippen LogP contribution in [0.4, 0.5) is 18.9 Å². The summed E-state index contributed by atoms with van der Waals surface area (Å²) in [6, 6.07) is 26.7. The number of ether oxygens (including phenoxy) is 1. The molecule has 0 heterocycles. The average molecular weight is 472 g/mol. The fourth-order valence-electron chi connectivity index (χ4n) is 3.55. The van der Waals surface area contributed by atoms with Crippen LogP contribution < -0.4 is 10.1 Å². The van der Waals surface area contributed by atoms with Crippen molar-refractivity contribution in [3.63, 3.8) is 0 Å². The molecule has 4 aromatic rings. The molecular weight excluding hydrogens is 453 g/mol. The zero-order valence-corrected chi connectivity index (χ0v) is 18.3. The molecule has 0 unspecified atom stereocenters. The van der Waals surface area contributed by atoms with E-state index in [0.29, 0.717) is 11.3 Å². The van der Waals surface area contributed by atoms with Crippen molar-refractivity contribution in [1.29, 1.82) is 5.26 Å². The van der Waals surface area contributed by atoms with Gasteiger partial charge in [-0.15, -0.1) is 0 Å². The van der Waals surface area contributed by atoms with Crippen molar-refractivity contribution in [3.05, 3.63) is 113 Å². The molecule has 0 aromatic heterocycles. The summed E-state index contributed by atoms with van der Waals surface area (Å²) in [6.07, 6.45) is -3.16. The largest absolute Gasteiger partial charge is 0.488 e. The first kappa shape index (κ1) is 23.6. The minimum atomic E-state index is -4.55. The molecule has 0 saturated carbocycles. The van der Waals surface area contributed by atoms with Crippen molar-refractivity contribution < 1.29 is 22.7 Å². The maximum atomic E-state index is 13.0. The van der Waals surface area contributed by atoms with Crippen LogP contribution in [0, 0.1) is 11.3 Å². The van der Waals surface area contributed by atoms with Gasteiger partial charge in [-0.3, -0.25) is 4.79 Å². The van der Waals surface area contributed by atoms with Crippen LogP contribution in [0.2, 0.25) is 0 Å².